The second kappa shape index (κ2) is 7.55. The van der Waals surface area contributed by atoms with E-state index < -0.39 is 0 Å². The summed E-state index contributed by atoms with van der Waals surface area (Å²) in [6.07, 6.45) is 0. The van der Waals surface area contributed by atoms with Gasteiger partial charge in [0.2, 0.25) is 5.91 Å². The zero-order chi connectivity index (χ0) is 18.0. The fourth-order valence-electron chi connectivity index (χ4n) is 2.54. The molecule has 0 radical (unpaired) electrons. The summed E-state index contributed by atoms with van der Waals surface area (Å²) in [7, 11) is 1.55. The first-order chi connectivity index (χ1) is 11.2. The van der Waals surface area contributed by atoms with Gasteiger partial charge in [-0.1, -0.05) is 40.9 Å². The molecule has 0 bridgehead atoms. The molecule has 0 saturated carbocycles. The Morgan fingerprint density at radius 2 is 1.71 bits per heavy atom. The third-order valence-corrected chi connectivity index (χ3v) is 5.04. The number of rotatable bonds is 4. The van der Waals surface area contributed by atoms with Crippen LogP contribution >= 0.6 is 34.5 Å². The molecule has 7 heteroatoms. The SMILES string of the molecule is Cc1cc(C)c(NC(=O)CN(C)C(=O)c2cc(Cl)sc2Cl)c(C)c1. The molecule has 128 valence electrons. The zero-order valence-corrected chi connectivity index (χ0v) is 16.2. The summed E-state index contributed by atoms with van der Waals surface area (Å²) in [6, 6.07) is 5.52. The summed E-state index contributed by atoms with van der Waals surface area (Å²) >= 11 is 13.0. The van der Waals surface area contributed by atoms with E-state index in [0.29, 0.717) is 14.2 Å². The lowest BCUT2D eigenvalue weighted by Gasteiger charge is -2.18. The molecule has 2 aromatic rings. The van der Waals surface area contributed by atoms with E-state index in [1.165, 1.54) is 11.0 Å². The van der Waals surface area contributed by atoms with Crippen molar-refractivity contribution in [1.29, 1.82) is 0 Å². The van der Waals surface area contributed by atoms with Gasteiger partial charge in [-0.15, -0.1) is 11.3 Å². The van der Waals surface area contributed by atoms with E-state index in [4.69, 9.17) is 23.2 Å². The van der Waals surface area contributed by atoms with Crippen molar-refractivity contribution in [3.05, 3.63) is 49.1 Å². The highest BCUT2D eigenvalue weighted by atomic mass is 35.5. The predicted molar refractivity (Wildman–Crippen MR) is 101 cm³/mol. The van der Waals surface area contributed by atoms with E-state index in [0.717, 1.165) is 33.7 Å². The molecule has 0 fully saturated rings. The van der Waals surface area contributed by atoms with E-state index in [-0.39, 0.29) is 18.4 Å². The Labute approximate surface area is 155 Å². The lowest BCUT2D eigenvalue weighted by Crippen LogP contribution is -2.35. The Hall–Kier alpha value is -1.56. The topological polar surface area (TPSA) is 49.4 Å². The first-order valence-corrected chi connectivity index (χ1v) is 8.84. The highest BCUT2D eigenvalue weighted by Crippen LogP contribution is 2.31. The highest BCUT2D eigenvalue weighted by molar-refractivity contribution is 7.20. The summed E-state index contributed by atoms with van der Waals surface area (Å²) in [4.78, 5) is 25.9. The van der Waals surface area contributed by atoms with Gasteiger partial charge in [0.15, 0.2) is 0 Å². The molecular weight excluding hydrogens is 367 g/mol. The third kappa shape index (κ3) is 4.29. The molecule has 0 aliphatic heterocycles. The van der Waals surface area contributed by atoms with Crippen LogP contribution in [-0.4, -0.2) is 30.3 Å². The number of aryl methyl sites for hydroxylation is 3. The van der Waals surface area contributed by atoms with E-state index in [1.807, 2.05) is 32.9 Å². The molecule has 0 unspecified atom stereocenters. The molecule has 0 spiro atoms. The maximum absolute atomic E-state index is 12.4. The maximum atomic E-state index is 12.4. The molecule has 1 heterocycles. The normalized spacial score (nSPS) is 10.6. The number of nitrogens with zero attached hydrogens (tertiary/aromatic N) is 1. The number of hydrogen-bond acceptors (Lipinski definition) is 3. The molecule has 1 aromatic heterocycles. The third-order valence-electron chi connectivity index (χ3n) is 3.56. The van der Waals surface area contributed by atoms with Crippen LogP contribution in [0, 0.1) is 20.8 Å². The first-order valence-electron chi connectivity index (χ1n) is 7.27. The maximum Gasteiger partial charge on any atom is 0.256 e. The minimum Gasteiger partial charge on any atom is -0.332 e. The number of likely N-dealkylation sites (N-methyl/N-ethyl adjacent to an activating group) is 1. The number of carbonyl (C=O) groups is 2. The average molecular weight is 385 g/mol. The van der Waals surface area contributed by atoms with Gasteiger partial charge in [-0.25, -0.2) is 0 Å². The Bertz CT molecular complexity index is 779. The van der Waals surface area contributed by atoms with Gasteiger partial charge in [0.25, 0.3) is 5.91 Å². The summed E-state index contributed by atoms with van der Waals surface area (Å²) in [6.45, 7) is 5.82. The standard InChI is InChI=1S/C17H18Cl2N2O2S/c1-9-5-10(2)15(11(3)6-9)20-14(22)8-21(4)17(23)12-7-13(18)24-16(12)19/h5-7H,8H2,1-4H3,(H,20,22). The van der Waals surface area contributed by atoms with Crippen LogP contribution in [0.5, 0.6) is 0 Å². The molecule has 2 rings (SSSR count). The van der Waals surface area contributed by atoms with Crippen LogP contribution in [0.25, 0.3) is 0 Å². The van der Waals surface area contributed by atoms with Crippen molar-refractivity contribution >= 4 is 52.0 Å². The van der Waals surface area contributed by atoms with Crippen molar-refractivity contribution < 1.29 is 9.59 Å². The molecule has 1 N–H and O–H groups in total. The van der Waals surface area contributed by atoms with Crippen molar-refractivity contribution in [2.45, 2.75) is 20.8 Å². The van der Waals surface area contributed by atoms with Crippen molar-refractivity contribution in [3.8, 4) is 0 Å². The Balaban J connectivity index is 2.07. The molecule has 0 aliphatic carbocycles. The second-order valence-corrected chi connectivity index (χ2v) is 8.01. The van der Waals surface area contributed by atoms with E-state index in [9.17, 15) is 9.59 Å². The monoisotopic (exact) mass is 384 g/mol. The van der Waals surface area contributed by atoms with Crippen molar-refractivity contribution in [2.24, 2.45) is 0 Å². The number of thiophene rings is 1. The van der Waals surface area contributed by atoms with Crippen LogP contribution in [0.15, 0.2) is 18.2 Å². The van der Waals surface area contributed by atoms with Gasteiger partial charge < -0.3 is 10.2 Å². The van der Waals surface area contributed by atoms with Crippen LogP contribution in [-0.2, 0) is 4.79 Å². The van der Waals surface area contributed by atoms with Crippen molar-refractivity contribution in [2.75, 3.05) is 18.9 Å². The number of hydrogen-bond donors (Lipinski definition) is 1. The van der Waals surface area contributed by atoms with E-state index in [1.54, 1.807) is 7.05 Å². The number of anilines is 1. The molecule has 4 nitrogen and oxygen atoms in total. The van der Waals surface area contributed by atoms with Crippen LogP contribution in [0.1, 0.15) is 27.0 Å². The lowest BCUT2D eigenvalue weighted by atomic mass is 10.1. The van der Waals surface area contributed by atoms with Crippen LogP contribution in [0.4, 0.5) is 5.69 Å². The second-order valence-electron chi connectivity index (χ2n) is 5.72. The number of halogens is 2. The summed E-state index contributed by atoms with van der Waals surface area (Å²) in [5.74, 6) is -0.603. The van der Waals surface area contributed by atoms with Crippen molar-refractivity contribution in [1.82, 2.24) is 4.90 Å². The molecule has 0 atom stereocenters. The minimum absolute atomic E-state index is 0.0740. The number of amides is 2. The fraction of sp³-hybridized carbons (Fsp3) is 0.294. The Morgan fingerprint density at radius 1 is 1.12 bits per heavy atom. The molecule has 24 heavy (non-hydrogen) atoms. The Morgan fingerprint density at radius 3 is 2.21 bits per heavy atom. The quantitative estimate of drug-likeness (QED) is 0.830. The van der Waals surface area contributed by atoms with Gasteiger partial charge in [-0.05, 0) is 38.0 Å². The smallest absolute Gasteiger partial charge is 0.256 e. The largest absolute Gasteiger partial charge is 0.332 e. The van der Waals surface area contributed by atoms with Gasteiger partial charge in [0.1, 0.15) is 4.34 Å². The molecule has 0 saturated heterocycles. The number of benzene rings is 1. The van der Waals surface area contributed by atoms with Gasteiger partial charge in [-0.3, -0.25) is 9.59 Å². The Kier molecular flexibility index (Phi) is 5.91. The summed E-state index contributed by atoms with van der Waals surface area (Å²) in [5.41, 5.74) is 4.21. The van der Waals surface area contributed by atoms with Gasteiger partial charge >= 0.3 is 0 Å². The predicted octanol–water partition coefficient (Wildman–Crippen LogP) is 4.69. The number of nitrogens with one attached hydrogen (secondary N) is 1. The molecule has 0 aliphatic rings. The average Bonchev–Trinajstić information content (AvgIpc) is 2.80. The van der Waals surface area contributed by atoms with E-state index >= 15 is 0 Å². The van der Waals surface area contributed by atoms with Gasteiger partial charge in [-0.2, -0.15) is 0 Å². The highest BCUT2D eigenvalue weighted by Gasteiger charge is 2.20. The first kappa shape index (κ1) is 18.8. The van der Waals surface area contributed by atoms with Gasteiger partial charge in [0.05, 0.1) is 16.4 Å². The van der Waals surface area contributed by atoms with Crippen LogP contribution < -0.4 is 5.32 Å². The fourth-order valence-corrected chi connectivity index (χ4v) is 3.98. The van der Waals surface area contributed by atoms with Crippen LogP contribution in [0.2, 0.25) is 8.67 Å². The van der Waals surface area contributed by atoms with E-state index in [2.05, 4.69) is 5.32 Å². The number of carbonyl (C=O) groups excluding carboxylic acids is 2. The van der Waals surface area contributed by atoms with Crippen molar-refractivity contribution in [3.63, 3.8) is 0 Å². The molecular formula is C17H18Cl2N2O2S. The summed E-state index contributed by atoms with van der Waals surface area (Å²) in [5, 5.41) is 2.87. The minimum atomic E-state index is -0.337. The summed E-state index contributed by atoms with van der Waals surface area (Å²) < 4.78 is 0.759. The molecule has 1 aromatic carbocycles. The van der Waals surface area contributed by atoms with Gasteiger partial charge in [0, 0.05) is 12.7 Å². The molecule has 2 amide bonds. The lowest BCUT2D eigenvalue weighted by molar-refractivity contribution is -0.116. The van der Waals surface area contributed by atoms with Crippen LogP contribution in [0.3, 0.4) is 0 Å². The zero-order valence-electron chi connectivity index (χ0n) is 13.9.